The number of nitrogens with one attached hydrogen (secondary N) is 1. The van der Waals surface area contributed by atoms with Gasteiger partial charge in [-0.25, -0.2) is 8.42 Å². The van der Waals surface area contributed by atoms with E-state index in [1.54, 1.807) is 61.7 Å². The zero-order valence-corrected chi connectivity index (χ0v) is 18.5. The van der Waals surface area contributed by atoms with Crippen LogP contribution in [0.15, 0.2) is 59.6 Å². The topological polar surface area (TPSA) is 76.3 Å². The van der Waals surface area contributed by atoms with E-state index in [1.165, 1.54) is 11.8 Å². The molecular formula is C23H25N2O4S+. The molecule has 0 aliphatic carbocycles. The van der Waals surface area contributed by atoms with Gasteiger partial charge in [0.25, 0.3) is 10.0 Å². The summed E-state index contributed by atoms with van der Waals surface area (Å²) in [4.78, 5) is 18.8. The Hall–Kier alpha value is -3.19. The number of aromatic nitrogens is 1. The Morgan fingerprint density at radius 3 is 2.20 bits per heavy atom. The van der Waals surface area contributed by atoms with E-state index in [0.717, 1.165) is 16.7 Å². The minimum absolute atomic E-state index is 0.137. The molecule has 1 heterocycles. The van der Waals surface area contributed by atoms with Gasteiger partial charge in [0, 0.05) is 23.3 Å². The summed E-state index contributed by atoms with van der Waals surface area (Å²) < 4.78 is 30.0. The Morgan fingerprint density at radius 2 is 1.57 bits per heavy atom. The molecule has 6 nitrogen and oxygen atoms in total. The summed E-state index contributed by atoms with van der Waals surface area (Å²) >= 11 is 0. The number of hydrogen-bond donors (Lipinski definition) is 1. The van der Waals surface area contributed by atoms with Crippen molar-refractivity contribution in [1.29, 1.82) is 0 Å². The Balaban J connectivity index is 2.10. The Morgan fingerprint density at radius 1 is 0.933 bits per heavy atom. The summed E-state index contributed by atoms with van der Waals surface area (Å²) in [7, 11) is -2.34. The lowest BCUT2D eigenvalue weighted by Gasteiger charge is -2.15. The Bertz CT molecular complexity index is 1220. The van der Waals surface area contributed by atoms with Crippen LogP contribution < -0.4 is 14.3 Å². The number of pyridine rings is 1. The van der Waals surface area contributed by atoms with Crippen LogP contribution in [0, 0.1) is 27.7 Å². The number of rotatable bonds is 6. The van der Waals surface area contributed by atoms with Crippen LogP contribution in [-0.2, 0) is 10.0 Å². The fraction of sp³-hybridized carbons (Fsp3) is 0.217. The summed E-state index contributed by atoms with van der Waals surface area (Å²) in [5, 5.41) is 0. The lowest BCUT2D eigenvalue weighted by atomic mass is 9.97. The van der Waals surface area contributed by atoms with Gasteiger partial charge in [-0.3, -0.25) is 14.4 Å². The summed E-state index contributed by atoms with van der Waals surface area (Å²) in [5.41, 5.74) is 4.31. The molecule has 2 aromatic carbocycles. The molecule has 0 unspecified atom stereocenters. The number of carbonyl (C=O) groups is 1. The van der Waals surface area contributed by atoms with Gasteiger partial charge in [-0.05, 0) is 62.2 Å². The first-order valence-electron chi connectivity index (χ1n) is 9.45. The predicted octanol–water partition coefficient (Wildman–Crippen LogP) is 3.30. The van der Waals surface area contributed by atoms with Crippen LogP contribution in [-0.4, -0.2) is 21.3 Å². The molecule has 156 valence electrons. The third-order valence-corrected chi connectivity index (χ3v) is 6.48. The van der Waals surface area contributed by atoms with Gasteiger partial charge >= 0.3 is 0 Å². The molecule has 0 fully saturated rings. The van der Waals surface area contributed by atoms with E-state index >= 15 is 0 Å². The van der Waals surface area contributed by atoms with Crippen molar-refractivity contribution in [2.24, 2.45) is 0 Å². The number of ketones is 1. The van der Waals surface area contributed by atoms with E-state index in [1.807, 2.05) is 20.8 Å². The van der Waals surface area contributed by atoms with Crippen LogP contribution in [0.5, 0.6) is 0 Å². The minimum Gasteiger partial charge on any atom is -0.288 e. The van der Waals surface area contributed by atoms with Crippen molar-refractivity contribution < 1.29 is 22.8 Å². The van der Waals surface area contributed by atoms with Crippen molar-refractivity contribution >= 4 is 21.5 Å². The summed E-state index contributed by atoms with van der Waals surface area (Å²) in [6.07, 6.45) is 1.70. The molecule has 0 aliphatic heterocycles. The molecule has 1 N–H and O–H groups in total. The second-order valence-electron chi connectivity index (χ2n) is 7.25. The highest BCUT2D eigenvalue weighted by Gasteiger charge is 2.25. The van der Waals surface area contributed by atoms with E-state index in [0.29, 0.717) is 11.3 Å². The van der Waals surface area contributed by atoms with Crippen LogP contribution in [0.25, 0.3) is 0 Å². The number of benzene rings is 2. The second kappa shape index (κ2) is 8.28. The summed E-state index contributed by atoms with van der Waals surface area (Å²) in [5.74, 6) is -0.288. The van der Waals surface area contributed by atoms with Crippen LogP contribution in [0.1, 0.15) is 38.3 Å². The molecule has 0 saturated carbocycles. The first-order chi connectivity index (χ1) is 14.1. The number of carbonyl (C=O) groups excluding carboxylic acids is 1. The molecular weight excluding hydrogens is 400 g/mol. The lowest BCUT2D eigenvalue weighted by Crippen LogP contribution is -2.44. The maximum Gasteiger partial charge on any atom is 0.261 e. The van der Waals surface area contributed by atoms with Crippen molar-refractivity contribution in [2.75, 3.05) is 11.8 Å². The fourth-order valence-corrected chi connectivity index (χ4v) is 4.23. The van der Waals surface area contributed by atoms with Gasteiger partial charge in [0.15, 0.2) is 0 Å². The zero-order chi connectivity index (χ0) is 22.1. The molecule has 0 amide bonds. The Kier molecular flexibility index (Phi) is 5.94. The average molecular weight is 426 g/mol. The SMILES string of the molecule is CO[n+]1cccc(C(=O)c2cc(C)c(C)cc2NS(=O)(=O)c2ccc(C)cc2)c1C. The number of hydrogen-bond acceptors (Lipinski definition) is 4. The lowest BCUT2D eigenvalue weighted by molar-refractivity contribution is -0.889. The molecule has 0 spiro atoms. The summed E-state index contributed by atoms with van der Waals surface area (Å²) in [6, 6.07) is 13.4. The van der Waals surface area contributed by atoms with Gasteiger partial charge in [0.1, 0.15) is 7.11 Å². The molecule has 7 heteroatoms. The molecule has 0 bridgehead atoms. The van der Waals surface area contributed by atoms with Crippen molar-refractivity contribution in [1.82, 2.24) is 0 Å². The van der Waals surface area contributed by atoms with Crippen LogP contribution in [0.2, 0.25) is 0 Å². The standard InChI is InChI=1S/C23H24N2O4S/c1-15-8-10-19(11-9-15)30(27,28)24-22-14-17(3)16(2)13-21(22)23(26)20-7-6-12-25(29-5)18(20)4/h6-14H,1-5H3/p+1. The number of sulfonamides is 1. The number of aryl methyl sites for hydroxylation is 3. The van der Waals surface area contributed by atoms with Crippen molar-refractivity contribution in [2.45, 2.75) is 32.6 Å². The molecule has 0 saturated heterocycles. The normalized spacial score (nSPS) is 11.2. The second-order valence-corrected chi connectivity index (χ2v) is 8.93. The van der Waals surface area contributed by atoms with Gasteiger partial charge in [-0.2, -0.15) is 0 Å². The molecule has 0 aliphatic rings. The van der Waals surface area contributed by atoms with Crippen LogP contribution in [0.3, 0.4) is 0 Å². The maximum absolute atomic E-state index is 13.4. The van der Waals surface area contributed by atoms with E-state index in [9.17, 15) is 13.2 Å². The van der Waals surface area contributed by atoms with Crippen LogP contribution in [0.4, 0.5) is 5.69 Å². The molecule has 3 aromatic rings. The quantitative estimate of drug-likeness (QED) is 0.486. The largest absolute Gasteiger partial charge is 0.288 e. The van der Waals surface area contributed by atoms with E-state index in [2.05, 4.69) is 4.72 Å². The van der Waals surface area contributed by atoms with Gasteiger partial charge in [-0.1, -0.05) is 17.7 Å². The van der Waals surface area contributed by atoms with Gasteiger partial charge in [-0.15, -0.1) is 0 Å². The van der Waals surface area contributed by atoms with Crippen molar-refractivity contribution in [3.63, 3.8) is 0 Å². The first kappa shape index (κ1) is 21.5. The fourth-order valence-electron chi connectivity index (χ4n) is 3.16. The molecule has 0 atom stereocenters. The zero-order valence-electron chi connectivity index (χ0n) is 17.7. The molecule has 30 heavy (non-hydrogen) atoms. The van der Waals surface area contributed by atoms with Gasteiger partial charge in [0.05, 0.1) is 16.1 Å². The Labute approximate surface area is 177 Å². The maximum atomic E-state index is 13.4. The highest BCUT2D eigenvalue weighted by Crippen LogP contribution is 2.27. The van der Waals surface area contributed by atoms with E-state index < -0.39 is 10.0 Å². The number of anilines is 1. The highest BCUT2D eigenvalue weighted by molar-refractivity contribution is 7.92. The van der Waals surface area contributed by atoms with Crippen molar-refractivity contribution in [3.05, 3.63) is 88.2 Å². The average Bonchev–Trinajstić information content (AvgIpc) is 2.70. The van der Waals surface area contributed by atoms with E-state index in [-0.39, 0.29) is 21.9 Å². The third-order valence-electron chi connectivity index (χ3n) is 5.10. The molecule has 0 radical (unpaired) electrons. The van der Waals surface area contributed by atoms with E-state index in [4.69, 9.17) is 4.84 Å². The number of nitrogens with zero attached hydrogens (tertiary/aromatic N) is 1. The smallest absolute Gasteiger partial charge is 0.261 e. The first-order valence-corrected chi connectivity index (χ1v) is 10.9. The monoisotopic (exact) mass is 425 g/mol. The predicted molar refractivity (Wildman–Crippen MR) is 115 cm³/mol. The van der Waals surface area contributed by atoms with Crippen LogP contribution >= 0.6 is 0 Å². The molecule has 1 aromatic heterocycles. The minimum atomic E-state index is -3.85. The van der Waals surface area contributed by atoms with Crippen molar-refractivity contribution in [3.8, 4) is 0 Å². The summed E-state index contributed by atoms with van der Waals surface area (Å²) in [6.45, 7) is 7.42. The molecule has 3 rings (SSSR count). The van der Waals surface area contributed by atoms with Gasteiger partial charge < -0.3 is 0 Å². The highest BCUT2D eigenvalue weighted by atomic mass is 32.2. The third kappa shape index (κ3) is 4.21. The van der Waals surface area contributed by atoms with Gasteiger partial charge in [0.2, 0.25) is 17.7 Å².